The molecule has 3 rings (SSSR count). The minimum atomic E-state index is -2.79. The highest BCUT2D eigenvalue weighted by molar-refractivity contribution is 7.91. The van der Waals surface area contributed by atoms with Crippen molar-refractivity contribution in [2.45, 2.75) is 25.4 Å². The number of hydrogen-bond donors (Lipinski definition) is 0. The van der Waals surface area contributed by atoms with Gasteiger partial charge in [-0.15, -0.1) is 6.04 Å². The van der Waals surface area contributed by atoms with Gasteiger partial charge in [-0.1, -0.05) is 42.8 Å². The van der Waals surface area contributed by atoms with Crippen molar-refractivity contribution >= 4 is 9.84 Å². The van der Waals surface area contributed by atoms with E-state index in [1.807, 2.05) is 13.1 Å². The second-order valence-electron chi connectivity index (χ2n) is 7.48. The zero-order chi connectivity index (χ0) is 17.9. The predicted octanol–water partition coefficient (Wildman–Crippen LogP) is 2.17. The molecule has 0 aliphatic carbocycles. The van der Waals surface area contributed by atoms with Gasteiger partial charge < -0.3 is 10.2 Å². The van der Waals surface area contributed by atoms with E-state index in [-0.39, 0.29) is 12.1 Å². The summed E-state index contributed by atoms with van der Waals surface area (Å²) in [5.74, 6) is 1.19. The molecule has 6 heteroatoms. The summed E-state index contributed by atoms with van der Waals surface area (Å²) in [6.07, 6.45) is 0.809. The van der Waals surface area contributed by atoms with Crippen LogP contribution in [-0.4, -0.2) is 75.5 Å². The Kier molecular flexibility index (Phi) is 6.15. The van der Waals surface area contributed by atoms with Crippen molar-refractivity contribution < 1.29 is 8.42 Å². The van der Waals surface area contributed by atoms with Gasteiger partial charge in [0.05, 0.1) is 11.5 Å². The van der Waals surface area contributed by atoms with Gasteiger partial charge in [-0.05, 0) is 18.9 Å². The molecular formula is C19H30N3O2S-. The average Bonchev–Trinajstić information content (AvgIpc) is 2.97. The Morgan fingerprint density at radius 1 is 1.16 bits per heavy atom. The molecule has 0 saturated carbocycles. The molecule has 3 atom stereocenters. The summed E-state index contributed by atoms with van der Waals surface area (Å²) >= 11 is 0. The fourth-order valence-corrected chi connectivity index (χ4v) is 6.03. The van der Waals surface area contributed by atoms with Gasteiger partial charge in [0.1, 0.15) is 0 Å². The summed E-state index contributed by atoms with van der Waals surface area (Å²) in [5, 5.41) is 4.61. The molecule has 0 bridgehead atoms. The minimum absolute atomic E-state index is 0.235. The third kappa shape index (κ3) is 4.82. The van der Waals surface area contributed by atoms with E-state index in [4.69, 9.17) is 0 Å². The predicted molar refractivity (Wildman–Crippen MR) is 103 cm³/mol. The minimum Gasteiger partial charge on any atom is -0.658 e. The van der Waals surface area contributed by atoms with Gasteiger partial charge in [-0.25, -0.2) is 8.42 Å². The number of rotatable bonds is 6. The molecule has 0 amide bonds. The monoisotopic (exact) mass is 364 g/mol. The Hall–Kier alpha value is -0.950. The zero-order valence-electron chi connectivity index (χ0n) is 15.3. The lowest BCUT2D eigenvalue weighted by atomic mass is 9.94. The normalized spacial score (nSPS) is 27.2. The summed E-state index contributed by atoms with van der Waals surface area (Å²) in [4.78, 5) is 4.89. The SMILES string of the molecule is C[N-][C@@H](c1ccccc1)[C@@H](C)CN1CCN(C2CCS(=O)(=O)C2)CC1. The lowest BCUT2D eigenvalue weighted by Gasteiger charge is -2.42. The molecular weight excluding hydrogens is 334 g/mol. The van der Waals surface area contributed by atoms with Crippen molar-refractivity contribution in [2.75, 3.05) is 51.3 Å². The van der Waals surface area contributed by atoms with E-state index in [0.717, 1.165) is 39.1 Å². The molecule has 2 heterocycles. The van der Waals surface area contributed by atoms with Crippen LogP contribution in [-0.2, 0) is 9.84 Å². The molecule has 140 valence electrons. The Balaban J connectivity index is 1.50. The molecule has 2 fully saturated rings. The number of benzene rings is 1. The maximum atomic E-state index is 11.7. The van der Waals surface area contributed by atoms with Gasteiger partial charge >= 0.3 is 0 Å². The first-order valence-corrected chi connectivity index (χ1v) is 11.1. The van der Waals surface area contributed by atoms with Crippen LogP contribution in [0.25, 0.3) is 5.32 Å². The average molecular weight is 365 g/mol. The Morgan fingerprint density at radius 3 is 2.40 bits per heavy atom. The summed E-state index contributed by atoms with van der Waals surface area (Å²) in [6, 6.07) is 11.0. The fourth-order valence-electron chi connectivity index (χ4n) is 4.26. The molecule has 2 saturated heterocycles. The molecule has 0 spiro atoms. The number of nitrogens with zero attached hydrogens (tertiary/aromatic N) is 3. The van der Waals surface area contributed by atoms with E-state index in [1.165, 1.54) is 5.56 Å². The van der Waals surface area contributed by atoms with Crippen LogP contribution in [0, 0.1) is 5.92 Å². The molecule has 2 aliphatic heterocycles. The highest BCUT2D eigenvalue weighted by Crippen LogP contribution is 2.29. The van der Waals surface area contributed by atoms with E-state index in [2.05, 4.69) is 46.3 Å². The molecule has 0 aromatic heterocycles. The van der Waals surface area contributed by atoms with Crippen LogP contribution < -0.4 is 0 Å². The molecule has 1 unspecified atom stereocenters. The molecule has 5 nitrogen and oxygen atoms in total. The van der Waals surface area contributed by atoms with E-state index in [1.54, 1.807) is 0 Å². The summed E-state index contributed by atoms with van der Waals surface area (Å²) in [6.45, 7) is 7.31. The van der Waals surface area contributed by atoms with Gasteiger partial charge in [-0.3, -0.25) is 4.90 Å². The first kappa shape index (κ1) is 18.8. The third-order valence-corrected chi connectivity index (χ3v) is 7.39. The highest BCUT2D eigenvalue weighted by Gasteiger charge is 2.33. The second kappa shape index (κ2) is 8.16. The van der Waals surface area contributed by atoms with Crippen LogP contribution in [0.4, 0.5) is 0 Å². The highest BCUT2D eigenvalue weighted by atomic mass is 32.2. The van der Waals surface area contributed by atoms with E-state index in [0.29, 0.717) is 17.4 Å². The maximum absolute atomic E-state index is 11.7. The first-order valence-electron chi connectivity index (χ1n) is 9.29. The largest absolute Gasteiger partial charge is 0.658 e. The quantitative estimate of drug-likeness (QED) is 0.776. The number of sulfone groups is 1. The summed E-state index contributed by atoms with van der Waals surface area (Å²) < 4.78 is 23.4. The second-order valence-corrected chi connectivity index (χ2v) is 9.71. The molecule has 2 aliphatic rings. The van der Waals surface area contributed by atoms with Crippen molar-refractivity contribution in [2.24, 2.45) is 5.92 Å². The Morgan fingerprint density at radius 2 is 1.84 bits per heavy atom. The lowest BCUT2D eigenvalue weighted by Crippen LogP contribution is -2.51. The first-order chi connectivity index (χ1) is 12.0. The van der Waals surface area contributed by atoms with Crippen molar-refractivity contribution in [3.63, 3.8) is 0 Å². The van der Waals surface area contributed by atoms with Crippen LogP contribution in [0.3, 0.4) is 0 Å². The Bertz CT molecular complexity index is 642. The standard InChI is InChI=1S/C19H30N3O2S/c1-16(19(20-2)17-6-4-3-5-7-17)14-21-9-11-22(12-10-21)18-8-13-25(23,24)15-18/h3-7,16,18-19H,8-15H2,1-2H3/q-1/t16-,18?,19+/m0/s1. The van der Waals surface area contributed by atoms with E-state index in [9.17, 15) is 8.42 Å². The Labute approximate surface area is 152 Å². The molecule has 0 N–H and O–H groups in total. The van der Waals surface area contributed by atoms with E-state index >= 15 is 0 Å². The fraction of sp³-hybridized carbons (Fsp3) is 0.684. The van der Waals surface area contributed by atoms with Gasteiger partial charge in [-0.2, -0.15) is 7.05 Å². The number of hydrogen-bond acceptors (Lipinski definition) is 4. The van der Waals surface area contributed by atoms with Gasteiger partial charge in [0.25, 0.3) is 0 Å². The van der Waals surface area contributed by atoms with Crippen LogP contribution in [0.5, 0.6) is 0 Å². The summed E-state index contributed by atoms with van der Waals surface area (Å²) in [7, 11) is -0.881. The van der Waals surface area contributed by atoms with Crippen molar-refractivity contribution in [3.8, 4) is 0 Å². The number of piperazine rings is 1. The van der Waals surface area contributed by atoms with Crippen LogP contribution in [0.15, 0.2) is 30.3 Å². The molecule has 1 aromatic carbocycles. The molecule has 25 heavy (non-hydrogen) atoms. The lowest BCUT2D eigenvalue weighted by molar-refractivity contribution is 0.0932. The van der Waals surface area contributed by atoms with Crippen LogP contribution >= 0.6 is 0 Å². The van der Waals surface area contributed by atoms with Crippen molar-refractivity contribution in [1.82, 2.24) is 9.80 Å². The van der Waals surface area contributed by atoms with Crippen LogP contribution in [0.1, 0.15) is 24.9 Å². The van der Waals surface area contributed by atoms with E-state index < -0.39 is 9.84 Å². The van der Waals surface area contributed by atoms with Crippen LogP contribution in [0.2, 0.25) is 0 Å². The molecule has 1 aromatic rings. The maximum Gasteiger partial charge on any atom is 0.151 e. The van der Waals surface area contributed by atoms with Crippen molar-refractivity contribution in [1.29, 1.82) is 0 Å². The van der Waals surface area contributed by atoms with Gasteiger partial charge in [0, 0.05) is 32.2 Å². The summed E-state index contributed by atoms with van der Waals surface area (Å²) in [5.41, 5.74) is 1.28. The van der Waals surface area contributed by atoms with Crippen molar-refractivity contribution in [3.05, 3.63) is 41.2 Å². The van der Waals surface area contributed by atoms with Gasteiger partial charge in [0.2, 0.25) is 0 Å². The smallest absolute Gasteiger partial charge is 0.151 e. The zero-order valence-corrected chi connectivity index (χ0v) is 16.2. The topological polar surface area (TPSA) is 54.7 Å². The van der Waals surface area contributed by atoms with Gasteiger partial charge in [0.15, 0.2) is 9.84 Å². The third-order valence-electron chi connectivity index (χ3n) is 5.64. The molecule has 0 radical (unpaired) electrons.